The van der Waals surface area contributed by atoms with Gasteiger partial charge >= 0.3 is 5.97 Å². The van der Waals surface area contributed by atoms with Gasteiger partial charge < -0.3 is 15.4 Å². The molecule has 136 valence electrons. The number of halogens is 1. The molecule has 0 saturated heterocycles. The van der Waals surface area contributed by atoms with Crippen LogP contribution in [0, 0.1) is 0 Å². The van der Waals surface area contributed by atoms with Gasteiger partial charge in [-0.05, 0) is 54.6 Å². The van der Waals surface area contributed by atoms with Crippen LogP contribution >= 0.6 is 11.6 Å². The maximum Gasteiger partial charge on any atom is 0.337 e. The number of carbonyl (C=O) groups is 2. The van der Waals surface area contributed by atoms with Crippen LogP contribution in [-0.2, 0) is 4.74 Å². The third-order valence-electron chi connectivity index (χ3n) is 3.57. The van der Waals surface area contributed by atoms with E-state index in [0.29, 0.717) is 27.8 Å². The number of hydrogen-bond donors (Lipinski definition) is 2. The minimum atomic E-state index is -0.402. The van der Waals surface area contributed by atoms with Gasteiger partial charge in [-0.3, -0.25) is 4.79 Å². The van der Waals surface area contributed by atoms with E-state index in [9.17, 15) is 9.59 Å². The van der Waals surface area contributed by atoms with Gasteiger partial charge in [-0.2, -0.15) is 0 Å². The predicted molar refractivity (Wildman–Crippen MR) is 103 cm³/mol. The molecule has 2 N–H and O–H groups in total. The second-order valence-corrected chi connectivity index (χ2v) is 5.90. The van der Waals surface area contributed by atoms with Crippen LogP contribution in [0.3, 0.4) is 0 Å². The first-order valence-corrected chi connectivity index (χ1v) is 8.29. The Morgan fingerprint density at radius 2 is 1.63 bits per heavy atom. The van der Waals surface area contributed by atoms with Gasteiger partial charge in [0.05, 0.1) is 12.7 Å². The minimum Gasteiger partial charge on any atom is -0.465 e. The molecule has 7 nitrogen and oxygen atoms in total. The van der Waals surface area contributed by atoms with Crippen molar-refractivity contribution in [1.29, 1.82) is 0 Å². The Balaban J connectivity index is 1.63. The molecule has 0 atom stereocenters. The van der Waals surface area contributed by atoms with Crippen molar-refractivity contribution in [2.24, 2.45) is 0 Å². The number of amides is 1. The maximum atomic E-state index is 12.2. The summed E-state index contributed by atoms with van der Waals surface area (Å²) in [6.07, 6.45) is 0. The van der Waals surface area contributed by atoms with Crippen LogP contribution in [0.15, 0.2) is 60.7 Å². The zero-order valence-corrected chi connectivity index (χ0v) is 15.0. The second kappa shape index (κ2) is 8.29. The van der Waals surface area contributed by atoms with E-state index >= 15 is 0 Å². The van der Waals surface area contributed by atoms with Crippen LogP contribution < -0.4 is 10.6 Å². The van der Waals surface area contributed by atoms with E-state index in [2.05, 4.69) is 25.6 Å². The quantitative estimate of drug-likeness (QED) is 0.650. The lowest BCUT2D eigenvalue weighted by Crippen LogP contribution is -2.13. The Morgan fingerprint density at radius 3 is 2.26 bits per heavy atom. The number of esters is 1. The molecule has 0 aliphatic rings. The molecular formula is C19H15ClN4O3. The van der Waals surface area contributed by atoms with Crippen molar-refractivity contribution in [1.82, 2.24) is 10.2 Å². The zero-order valence-electron chi connectivity index (χ0n) is 14.3. The number of anilines is 3. The van der Waals surface area contributed by atoms with Gasteiger partial charge in [0, 0.05) is 16.3 Å². The van der Waals surface area contributed by atoms with Crippen LogP contribution in [-0.4, -0.2) is 29.2 Å². The Hall–Kier alpha value is -3.45. The SMILES string of the molecule is COC(=O)c1ccc(Nc2ccc(NC(=O)c3cccc(Cl)c3)nn2)cc1. The Labute approximate surface area is 160 Å². The molecule has 0 bridgehead atoms. The second-order valence-electron chi connectivity index (χ2n) is 5.46. The van der Waals surface area contributed by atoms with Crippen molar-refractivity contribution >= 4 is 40.8 Å². The smallest absolute Gasteiger partial charge is 0.337 e. The molecule has 1 aromatic heterocycles. The predicted octanol–water partition coefficient (Wildman–Crippen LogP) is 3.91. The van der Waals surface area contributed by atoms with Crippen molar-refractivity contribution in [3.05, 3.63) is 76.8 Å². The molecule has 0 aliphatic heterocycles. The number of hydrogen-bond acceptors (Lipinski definition) is 6. The molecule has 0 aliphatic carbocycles. The molecule has 3 rings (SSSR count). The van der Waals surface area contributed by atoms with Gasteiger partial charge in [-0.1, -0.05) is 17.7 Å². The summed E-state index contributed by atoms with van der Waals surface area (Å²) in [7, 11) is 1.33. The van der Waals surface area contributed by atoms with E-state index in [-0.39, 0.29) is 5.91 Å². The molecule has 1 heterocycles. The average Bonchev–Trinajstić information content (AvgIpc) is 2.69. The Kier molecular flexibility index (Phi) is 5.63. The highest BCUT2D eigenvalue weighted by molar-refractivity contribution is 6.31. The normalized spacial score (nSPS) is 10.1. The van der Waals surface area contributed by atoms with Gasteiger partial charge in [-0.15, -0.1) is 10.2 Å². The Morgan fingerprint density at radius 1 is 0.926 bits per heavy atom. The first-order valence-electron chi connectivity index (χ1n) is 7.91. The minimum absolute atomic E-state index is 0.312. The lowest BCUT2D eigenvalue weighted by Gasteiger charge is -2.07. The van der Waals surface area contributed by atoms with E-state index in [4.69, 9.17) is 11.6 Å². The highest BCUT2D eigenvalue weighted by atomic mass is 35.5. The number of benzene rings is 2. The summed E-state index contributed by atoms with van der Waals surface area (Å²) in [6, 6.07) is 16.6. The maximum absolute atomic E-state index is 12.2. The van der Waals surface area contributed by atoms with Gasteiger partial charge in [0.15, 0.2) is 11.6 Å². The van der Waals surface area contributed by atoms with Gasteiger partial charge in [0.1, 0.15) is 0 Å². The van der Waals surface area contributed by atoms with Crippen molar-refractivity contribution < 1.29 is 14.3 Å². The number of rotatable bonds is 5. The molecule has 2 aromatic carbocycles. The molecule has 0 saturated carbocycles. The fraction of sp³-hybridized carbons (Fsp3) is 0.0526. The van der Waals surface area contributed by atoms with Crippen LogP contribution in [0.2, 0.25) is 5.02 Å². The molecule has 0 fully saturated rings. The van der Waals surface area contributed by atoms with Crippen molar-refractivity contribution in [2.45, 2.75) is 0 Å². The van der Waals surface area contributed by atoms with E-state index in [0.717, 1.165) is 5.69 Å². The van der Waals surface area contributed by atoms with Crippen LogP contribution in [0.25, 0.3) is 0 Å². The van der Waals surface area contributed by atoms with E-state index in [1.165, 1.54) is 7.11 Å². The fourth-order valence-electron chi connectivity index (χ4n) is 2.24. The molecule has 27 heavy (non-hydrogen) atoms. The van der Waals surface area contributed by atoms with E-state index in [1.54, 1.807) is 60.7 Å². The lowest BCUT2D eigenvalue weighted by atomic mass is 10.2. The zero-order chi connectivity index (χ0) is 19.2. The lowest BCUT2D eigenvalue weighted by molar-refractivity contribution is 0.0600. The average molecular weight is 383 g/mol. The number of nitrogens with one attached hydrogen (secondary N) is 2. The van der Waals surface area contributed by atoms with E-state index in [1.807, 2.05) is 0 Å². The number of aromatic nitrogens is 2. The molecule has 0 spiro atoms. The van der Waals surface area contributed by atoms with Crippen molar-refractivity contribution in [3.63, 3.8) is 0 Å². The fourth-order valence-corrected chi connectivity index (χ4v) is 2.43. The highest BCUT2D eigenvalue weighted by Crippen LogP contribution is 2.17. The summed E-state index contributed by atoms with van der Waals surface area (Å²) >= 11 is 5.88. The molecule has 1 amide bonds. The molecule has 0 unspecified atom stereocenters. The number of ether oxygens (including phenoxy) is 1. The van der Waals surface area contributed by atoms with Gasteiger partial charge in [0.2, 0.25) is 0 Å². The summed E-state index contributed by atoms with van der Waals surface area (Å²) in [6.45, 7) is 0. The van der Waals surface area contributed by atoms with Gasteiger partial charge in [-0.25, -0.2) is 4.79 Å². The van der Waals surface area contributed by atoms with E-state index < -0.39 is 5.97 Å². The van der Waals surface area contributed by atoms with Crippen LogP contribution in [0.5, 0.6) is 0 Å². The standard InChI is InChI=1S/C19H15ClN4O3/c1-27-19(26)12-5-7-15(8-6-12)21-16-9-10-17(24-23-16)22-18(25)13-3-2-4-14(20)11-13/h2-11H,1H3,(H,21,23)(H,22,24,25). The van der Waals surface area contributed by atoms with Gasteiger partial charge in [0.25, 0.3) is 5.91 Å². The first kappa shape index (κ1) is 18.3. The van der Waals surface area contributed by atoms with Crippen molar-refractivity contribution in [3.8, 4) is 0 Å². The summed E-state index contributed by atoms with van der Waals surface area (Å²) < 4.78 is 4.65. The third kappa shape index (κ3) is 4.80. The topological polar surface area (TPSA) is 93.2 Å². The molecule has 8 heteroatoms. The number of methoxy groups -OCH3 is 1. The summed E-state index contributed by atoms with van der Waals surface area (Å²) in [5.74, 6) is 0.0696. The number of nitrogens with zero attached hydrogens (tertiary/aromatic N) is 2. The van der Waals surface area contributed by atoms with Crippen molar-refractivity contribution in [2.75, 3.05) is 17.7 Å². The monoisotopic (exact) mass is 382 g/mol. The van der Waals surface area contributed by atoms with Crippen LogP contribution in [0.4, 0.5) is 17.3 Å². The molecular weight excluding hydrogens is 368 g/mol. The number of carbonyl (C=O) groups excluding carboxylic acids is 2. The highest BCUT2D eigenvalue weighted by Gasteiger charge is 2.08. The molecule has 0 radical (unpaired) electrons. The first-order chi connectivity index (χ1) is 13.0. The summed E-state index contributed by atoms with van der Waals surface area (Å²) in [5.41, 5.74) is 1.61. The van der Waals surface area contributed by atoms with Crippen LogP contribution in [0.1, 0.15) is 20.7 Å². The largest absolute Gasteiger partial charge is 0.465 e. The summed E-state index contributed by atoms with van der Waals surface area (Å²) in [5, 5.41) is 14.2. The Bertz CT molecular complexity index is 959. The molecule has 3 aromatic rings. The summed E-state index contributed by atoms with van der Waals surface area (Å²) in [4.78, 5) is 23.6. The third-order valence-corrected chi connectivity index (χ3v) is 3.81.